The number of nitriles is 1. The van der Waals surface area contributed by atoms with E-state index in [-0.39, 0.29) is 5.56 Å². The van der Waals surface area contributed by atoms with Gasteiger partial charge >= 0.3 is 0 Å². The topological polar surface area (TPSA) is 36.3 Å². The zero-order valence-corrected chi connectivity index (χ0v) is 9.53. The van der Waals surface area contributed by atoms with Gasteiger partial charge in [0.25, 0.3) is 0 Å². The summed E-state index contributed by atoms with van der Waals surface area (Å²) >= 11 is 0. The lowest BCUT2D eigenvalue weighted by Gasteiger charge is -2.20. The van der Waals surface area contributed by atoms with Crippen LogP contribution in [0.4, 0.5) is 10.1 Å². The summed E-state index contributed by atoms with van der Waals surface area (Å²) in [6, 6.07) is 6.54. The SMILES string of the molecule is COCCCN(C)c1cccc(F)c1C#N. The van der Waals surface area contributed by atoms with Crippen molar-refractivity contribution in [2.75, 3.05) is 32.2 Å². The molecular formula is C12H15FN2O. The molecule has 0 aliphatic heterocycles. The summed E-state index contributed by atoms with van der Waals surface area (Å²) in [7, 11) is 3.48. The summed E-state index contributed by atoms with van der Waals surface area (Å²) in [6.07, 6.45) is 0.842. The second-order valence-corrected chi connectivity index (χ2v) is 3.51. The molecule has 1 aromatic rings. The van der Waals surface area contributed by atoms with Crippen molar-refractivity contribution in [2.45, 2.75) is 6.42 Å². The molecule has 0 aromatic heterocycles. The Morgan fingerprint density at radius 3 is 2.88 bits per heavy atom. The van der Waals surface area contributed by atoms with E-state index in [1.54, 1.807) is 19.2 Å². The van der Waals surface area contributed by atoms with Crippen LogP contribution in [0.3, 0.4) is 0 Å². The van der Waals surface area contributed by atoms with E-state index in [1.807, 2.05) is 18.0 Å². The number of hydrogen-bond acceptors (Lipinski definition) is 3. The summed E-state index contributed by atoms with van der Waals surface area (Å²) < 4.78 is 18.3. The second-order valence-electron chi connectivity index (χ2n) is 3.51. The minimum atomic E-state index is -0.474. The first-order valence-electron chi connectivity index (χ1n) is 5.09. The van der Waals surface area contributed by atoms with Crippen LogP contribution >= 0.6 is 0 Å². The molecule has 0 spiro atoms. The third-order valence-electron chi connectivity index (χ3n) is 2.36. The van der Waals surface area contributed by atoms with Gasteiger partial charge in [-0.25, -0.2) is 4.39 Å². The van der Waals surface area contributed by atoms with Gasteiger partial charge in [-0.15, -0.1) is 0 Å². The first kappa shape index (κ1) is 12.5. The van der Waals surface area contributed by atoms with Gasteiger partial charge in [-0.3, -0.25) is 0 Å². The normalized spacial score (nSPS) is 9.88. The van der Waals surface area contributed by atoms with Crippen LogP contribution in [0, 0.1) is 17.1 Å². The molecule has 1 aromatic carbocycles. The van der Waals surface area contributed by atoms with Crippen molar-refractivity contribution in [2.24, 2.45) is 0 Å². The Kier molecular flexibility index (Phi) is 4.74. The highest BCUT2D eigenvalue weighted by Crippen LogP contribution is 2.21. The number of rotatable bonds is 5. The lowest BCUT2D eigenvalue weighted by Crippen LogP contribution is -2.21. The van der Waals surface area contributed by atoms with Crippen LogP contribution in [0.15, 0.2) is 18.2 Å². The summed E-state index contributed by atoms with van der Waals surface area (Å²) in [6.45, 7) is 1.38. The molecule has 4 heteroatoms. The molecule has 0 radical (unpaired) electrons. The minimum Gasteiger partial charge on any atom is -0.385 e. The zero-order chi connectivity index (χ0) is 12.0. The molecular weight excluding hydrogens is 207 g/mol. The van der Waals surface area contributed by atoms with Gasteiger partial charge in [-0.1, -0.05) is 6.07 Å². The van der Waals surface area contributed by atoms with Crippen molar-refractivity contribution < 1.29 is 9.13 Å². The summed E-state index contributed by atoms with van der Waals surface area (Å²) in [4.78, 5) is 1.86. The van der Waals surface area contributed by atoms with E-state index in [9.17, 15) is 4.39 Å². The quantitative estimate of drug-likeness (QED) is 0.716. The number of hydrogen-bond donors (Lipinski definition) is 0. The smallest absolute Gasteiger partial charge is 0.143 e. The fourth-order valence-corrected chi connectivity index (χ4v) is 1.51. The minimum absolute atomic E-state index is 0.0995. The predicted octanol–water partition coefficient (Wildman–Crippen LogP) is 2.17. The molecule has 0 heterocycles. The van der Waals surface area contributed by atoms with E-state index in [0.717, 1.165) is 13.0 Å². The van der Waals surface area contributed by atoms with Gasteiger partial charge in [0.05, 0.1) is 5.69 Å². The molecule has 0 bridgehead atoms. The number of methoxy groups -OCH3 is 1. The van der Waals surface area contributed by atoms with Crippen LogP contribution < -0.4 is 4.90 Å². The molecule has 0 saturated carbocycles. The van der Waals surface area contributed by atoms with Crippen molar-refractivity contribution >= 4 is 5.69 Å². The number of benzene rings is 1. The average Bonchev–Trinajstić information content (AvgIpc) is 2.29. The number of anilines is 1. The highest BCUT2D eigenvalue weighted by atomic mass is 19.1. The molecule has 0 amide bonds. The van der Waals surface area contributed by atoms with E-state index >= 15 is 0 Å². The van der Waals surface area contributed by atoms with E-state index in [1.165, 1.54) is 6.07 Å². The van der Waals surface area contributed by atoms with Crippen LogP contribution in [0.2, 0.25) is 0 Å². The third-order valence-corrected chi connectivity index (χ3v) is 2.36. The Bertz CT molecular complexity index is 387. The summed E-state index contributed by atoms with van der Waals surface area (Å²) in [5.41, 5.74) is 0.723. The fraction of sp³-hybridized carbons (Fsp3) is 0.417. The second kappa shape index (κ2) is 6.09. The van der Waals surface area contributed by atoms with Crippen LogP contribution in [-0.4, -0.2) is 27.3 Å². The van der Waals surface area contributed by atoms with Gasteiger partial charge in [0.15, 0.2) is 0 Å². The maximum atomic E-state index is 13.3. The Morgan fingerprint density at radius 1 is 1.50 bits per heavy atom. The molecule has 16 heavy (non-hydrogen) atoms. The van der Waals surface area contributed by atoms with Crippen molar-refractivity contribution in [1.82, 2.24) is 0 Å². The number of nitrogens with zero attached hydrogens (tertiary/aromatic N) is 2. The first-order chi connectivity index (χ1) is 7.70. The fourth-order valence-electron chi connectivity index (χ4n) is 1.51. The summed E-state index contributed by atoms with van der Waals surface area (Å²) in [5.74, 6) is -0.474. The molecule has 0 atom stereocenters. The molecule has 0 aliphatic rings. The third kappa shape index (κ3) is 2.94. The highest BCUT2D eigenvalue weighted by molar-refractivity contribution is 5.59. The van der Waals surface area contributed by atoms with Crippen LogP contribution in [0.25, 0.3) is 0 Å². The number of ether oxygens (including phenoxy) is 1. The lowest BCUT2D eigenvalue weighted by atomic mass is 10.1. The molecule has 0 aliphatic carbocycles. The Labute approximate surface area is 95.1 Å². The molecule has 0 fully saturated rings. The Balaban J connectivity index is 2.79. The van der Waals surface area contributed by atoms with Gasteiger partial charge in [0.1, 0.15) is 17.4 Å². The molecule has 0 saturated heterocycles. The van der Waals surface area contributed by atoms with E-state index in [4.69, 9.17) is 10.00 Å². The Morgan fingerprint density at radius 2 is 2.25 bits per heavy atom. The van der Waals surface area contributed by atoms with E-state index in [2.05, 4.69) is 0 Å². The van der Waals surface area contributed by atoms with Crippen LogP contribution in [-0.2, 0) is 4.74 Å². The summed E-state index contributed by atoms with van der Waals surface area (Å²) in [5, 5.41) is 8.88. The monoisotopic (exact) mass is 222 g/mol. The zero-order valence-electron chi connectivity index (χ0n) is 9.53. The molecule has 3 nitrogen and oxygen atoms in total. The van der Waals surface area contributed by atoms with Gasteiger partial charge in [-0.2, -0.15) is 5.26 Å². The van der Waals surface area contributed by atoms with Crippen LogP contribution in [0.1, 0.15) is 12.0 Å². The number of halogens is 1. The van der Waals surface area contributed by atoms with Crippen LogP contribution in [0.5, 0.6) is 0 Å². The van der Waals surface area contributed by atoms with Gasteiger partial charge in [0.2, 0.25) is 0 Å². The van der Waals surface area contributed by atoms with Crippen molar-refractivity contribution in [3.8, 4) is 6.07 Å². The predicted molar refractivity (Wildman–Crippen MR) is 60.9 cm³/mol. The van der Waals surface area contributed by atoms with E-state index in [0.29, 0.717) is 12.3 Å². The maximum Gasteiger partial charge on any atom is 0.143 e. The average molecular weight is 222 g/mol. The standard InChI is InChI=1S/C12H15FN2O/c1-15(7-4-8-16-2)12-6-3-5-11(13)10(12)9-14/h3,5-6H,4,7-8H2,1-2H3. The van der Waals surface area contributed by atoms with Gasteiger partial charge in [0, 0.05) is 27.3 Å². The molecule has 0 unspecified atom stereocenters. The van der Waals surface area contributed by atoms with Crippen molar-refractivity contribution in [3.63, 3.8) is 0 Å². The van der Waals surface area contributed by atoms with Gasteiger partial charge in [-0.05, 0) is 18.6 Å². The van der Waals surface area contributed by atoms with Gasteiger partial charge < -0.3 is 9.64 Å². The first-order valence-corrected chi connectivity index (χ1v) is 5.09. The van der Waals surface area contributed by atoms with E-state index < -0.39 is 5.82 Å². The Hall–Kier alpha value is -1.60. The maximum absolute atomic E-state index is 13.3. The highest BCUT2D eigenvalue weighted by Gasteiger charge is 2.10. The molecule has 0 N–H and O–H groups in total. The van der Waals surface area contributed by atoms with Crippen molar-refractivity contribution in [1.29, 1.82) is 5.26 Å². The largest absolute Gasteiger partial charge is 0.385 e. The molecule has 1 rings (SSSR count). The van der Waals surface area contributed by atoms with Crippen molar-refractivity contribution in [3.05, 3.63) is 29.6 Å². The lowest BCUT2D eigenvalue weighted by molar-refractivity contribution is 0.196. The molecule has 86 valence electrons.